The Bertz CT molecular complexity index is 233. The Kier molecular flexibility index (Phi) is 2.13. The molecule has 3 heteroatoms. The standard InChI is InChI=1S/C9H14N2O/c12-8-4-2-1-3-7(8)9-10-5-6-11-9/h5-8,12H,1-4H2,(H,10,11). The summed E-state index contributed by atoms with van der Waals surface area (Å²) in [5, 5.41) is 9.68. The first-order chi connectivity index (χ1) is 5.88. The number of aliphatic hydroxyl groups is 1. The first kappa shape index (κ1) is 7.80. The van der Waals surface area contributed by atoms with Crippen LogP contribution in [0.25, 0.3) is 0 Å². The number of hydrogen-bond acceptors (Lipinski definition) is 2. The number of rotatable bonds is 1. The molecule has 66 valence electrons. The quantitative estimate of drug-likeness (QED) is 0.663. The van der Waals surface area contributed by atoms with Gasteiger partial charge >= 0.3 is 0 Å². The van der Waals surface area contributed by atoms with Crippen LogP contribution in [0.1, 0.15) is 37.4 Å². The topological polar surface area (TPSA) is 48.9 Å². The van der Waals surface area contributed by atoms with E-state index in [4.69, 9.17) is 0 Å². The second-order valence-electron chi connectivity index (χ2n) is 3.43. The van der Waals surface area contributed by atoms with Gasteiger partial charge in [-0.15, -0.1) is 0 Å². The third-order valence-electron chi connectivity index (χ3n) is 2.60. The molecule has 1 aromatic rings. The first-order valence-electron chi connectivity index (χ1n) is 4.55. The highest BCUT2D eigenvalue weighted by molar-refractivity contribution is 5.01. The molecule has 1 aliphatic carbocycles. The van der Waals surface area contributed by atoms with E-state index in [0.717, 1.165) is 25.1 Å². The van der Waals surface area contributed by atoms with Gasteiger partial charge in [0.25, 0.3) is 0 Å². The van der Waals surface area contributed by atoms with Gasteiger partial charge in [-0.1, -0.05) is 12.8 Å². The minimum Gasteiger partial charge on any atom is -0.392 e. The largest absolute Gasteiger partial charge is 0.392 e. The van der Waals surface area contributed by atoms with Crippen molar-refractivity contribution in [1.29, 1.82) is 0 Å². The van der Waals surface area contributed by atoms with Crippen molar-refractivity contribution in [3.8, 4) is 0 Å². The van der Waals surface area contributed by atoms with Crippen molar-refractivity contribution in [1.82, 2.24) is 9.97 Å². The highest BCUT2D eigenvalue weighted by Gasteiger charge is 2.25. The fourth-order valence-electron chi connectivity index (χ4n) is 1.91. The lowest BCUT2D eigenvalue weighted by Crippen LogP contribution is -2.23. The molecule has 2 unspecified atom stereocenters. The van der Waals surface area contributed by atoms with Gasteiger partial charge in [0.05, 0.1) is 6.10 Å². The molecular weight excluding hydrogens is 152 g/mol. The number of aromatic amines is 1. The molecule has 0 aromatic carbocycles. The van der Waals surface area contributed by atoms with Crippen LogP contribution in [0.2, 0.25) is 0 Å². The number of nitrogens with zero attached hydrogens (tertiary/aromatic N) is 1. The van der Waals surface area contributed by atoms with Gasteiger partial charge in [0.2, 0.25) is 0 Å². The lowest BCUT2D eigenvalue weighted by Gasteiger charge is -2.25. The summed E-state index contributed by atoms with van der Waals surface area (Å²) in [6, 6.07) is 0. The molecular formula is C9H14N2O. The van der Waals surface area contributed by atoms with Gasteiger partial charge in [-0.25, -0.2) is 4.98 Å². The van der Waals surface area contributed by atoms with E-state index in [-0.39, 0.29) is 12.0 Å². The summed E-state index contributed by atoms with van der Waals surface area (Å²) in [7, 11) is 0. The Morgan fingerprint density at radius 2 is 2.25 bits per heavy atom. The second kappa shape index (κ2) is 3.27. The predicted octanol–water partition coefficient (Wildman–Crippen LogP) is 1.43. The molecule has 0 aliphatic heterocycles. The van der Waals surface area contributed by atoms with Gasteiger partial charge in [-0.05, 0) is 12.8 Å². The van der Waals surface area contributed by atoms with Gasteiger partial charge in [-0.3, -0.25) is 0 Å². The number of aliphatic hydroxyl groups excluding tert-OH is 1. The van der Waals surface area contributed by atoms with Crippen molar-refractivity contribution >= 4 is 0 Å². The molecule has 2 rings (SSSR count). The summed E-state index contributed by atoms with van der Waals surface area (Å²) >= 11 is 0. The zero-order valence-electron chi connectivity index (χ0n) is 7.03. The van der Waals surface area contributed by atoms with Crippen LogP contribution in [0, 0.1) is 0 Å². The van der Waals surface area contributed by atoms with Crippen LogP contribution in [-0.2, 0) is 0 Å². The summed E-state index contributed by atoms with van der Waals surface area (Å²) in [6.07, 6.45) is 7.72. The molecule has 12 heavy (non-hydrogen) atoms. The van der Waals surface area contributed by atoms with E-state index in [2.05, 4.69) is 9.97 Å². The average molecular weight is 166 g/mol. The summed E-state index contributed by atoms with van der Waals surface area (Å²) < 4.78 is 0. The maximum absolute atomic E-state index is 9.68. The van der Waals surface area contributed by atoms with E-state index >= 15 is 0 Å². The van der Waals surface area contributed by atoms with Crippen LogP contribution in [0.15, 0.2) is 12.4 Å². The lowest BCUT2D eigenvalue weighted by atomic mass is 9.86. The van der Waals surface area contributed by atoms with E-state index in [1.807, 2.05) is 6.20 Å². The molecule has 1 saturated carbocycles. The average Bonchev–Trinajstić information content (AvgIpc) is 2.57. The Labute approximate surface area is 71.8 Å². The fraction of sp³-hybridized carbons (Fsp3) is 0.667. The number of aromatic nitrogens is 2. The molecule has 1 aromatic heterocycles. The smallest absolute Gasteiger partial charge is 0.111 e. The maximum Gasteiger partial charge on any atom is 0.111 e. The molecule has 3 nitrogen and oxygen atoms in total. The first-order valence-corrected chi connectivity index (χ1v) is 4.55. The predicted molar refractivity (Wildman–Crippen MR) is 45.8 cm³/mol. The molecule has 0 saturated heterocycles. The zero-order chi connectivity index (χ0) is 8.39. The number of H-pyrrole nitrogens is 1. The highest BCUT2D eigenvalue weighted by Crippen LogP contribution is 2.30. The molecule has 0 radical (unpaired) electrons. The van der Waals surface area contributed by atoms with E-state index in [1.54, 1.807) is 6.20 Å². The number of nitrogens with one attached hydrogen (secondary N) is 1. The summed E-state index contributed by atoms with van der Waals surface area (Å²) in [5.74, 6) is 1.19. The second-order valence-corrected chi connectivity index (χ2v) is 3.43. The van der Waals surface area contributed by atoms with Crippen molar-refractivity contribution in [2.24, 2.45) is 0 Å². The monoisotopic (exact) mass is 166 g/mol. The van der Waals surface area contributed by atoms with Crippen LogP contribution in [0.4, 0.5) is 0 Å². The van der Waals surface area contributed by atoms with Gasteiger partial charge < -0.3 is 10.1 Å². The minimum absolute atomic E-state index is 0.190. The molecule has 0 amide bonds. The van der Waals surface area contributed by atoms with Crippen LogP contribution in [-0.4, -0.2) is 21.2 Å². The van der Waals surface area contributed by atoms with Crippen LogP contribution in [0.3, 0.4) is 0 Å². The van der Waals surface area contributed by atoms with E-state index < -0.39 is 0 Å². The third kappa shape index (κ3) is 1.37. The van der Waals surface area contributed by atoms with Gasteiger partial charge in [0, 0.05) is 18.3 Å². The Morgan fingerprint density at radius 1 is 1.42 bits per heavy atom. The van der Waals surface area contributed by atoms with Gasteiger partial charge in [-0.2, -0.15) is 0 Å². The summed E-state index contributed by atoms with van der Waals surface area (Å²) in [4.78, 5) is 7.24. The van der Waals surface area contributed by atoms with E-state index in [0.29, 0.717) is 0 Å². The zero-order valence-corrected chi connectivity index (χ0v) is 7.03. The van der Waals surface area contributed by atoms with Crippen molar-refractivity contribution in [2.45, 2.75) is 37.7 Å². The SMILES string of the molecule is OC1CCCCC1c1ncc[nH]1. The molecule has 1 fully saturated rings. The van der Waals surface area contributed by atoms with E-state index in [1.165, 1.54) is 6.42 Å². The maximum atomic E-state index is 9.68. The molecule has 2 N–H and O–H groups in total. The van der Waals surface area contributed by atoms with Crippen molar-refractivity contribution in [3.63, 3.8) is 0 Å². The minimum atomic E-state index is -0.190. The van der Waals surface area contributed by atoms with Crippen LogP contribution < -0.4 is 0 Å². The van der Waals surface area contributed by atoms with Crippen molar-refractivity contribution in [3.05, 3.63) is 18.2 Å². The third-order valence-corrected chi connectivity index (χ3v) is 2.60. The van der Waals surface area contributed by atoms with E-state index in [9.17, 15) is 5.11 Å². The fourth-order valence-corrected chi connectivity index (χ4v) is 1.91. The molecule has 0 bridgehead atoms. The number of hydrogen-bond donors (Lipinski definition) is 2. The lowest BCUT2D eigenvalue weighted by molar-refractivity contribution is 0.103. The number of imidazole rings is 1. The van der Waals surface area contributed by atoms with Crippen molar-refractivity contribution < 1.29 is 5.11 Å². The molecule has 1 aliphatic rings. The van der Waals surface area contributed by atoms with Crippen LogP contribution >= 0.6 is 0 Å². The highest BCUT2D eigenvalue weighted by atomic mass is 16.3. The van der Waals surface area contributed by atoms with Crippen molar-refractivity contribution in [2.75, 3.05) is 0 Å². The normalized spacial score (nSPS) is 30.4. The molecule has 1 heterocycles. The van der Waals surface area contributed by atoms with Gasteiger partial charge in [0.15, 0.2) is 0 Å². The Balaban J connectivity index is 2.11. The molecule has 0 spiro atoms. The van der Waals surface area contributed by atoms with Crippen LogP contribution in [0.5, 0.6) is 0 Å². The Morgan fingerprint density at radius 3 is 2.92 bits per heavy atom. The Hall–Kier alpha value is -0.830. The summed E-state index contributed by atoms with van der Waals surface area (Å²) in [5.41, 5.74) is 0. The van der Waals surface area contributed by atoms with Gasteiger partial charge in [0.1, 0.15) is 5.82 Å². The molecule has 2 atom stereocenters. The summed E-state index contributed by atoms with van der Waals surface area (Å²) in [6.45, 7) is 0.